The van der Waals surface area contributed by atoms with Gasteiger partial charge >= 0.3 is 5.69 Å². The molecular weight excluding hydrogens is 401 g/mol. The number of H-pyrrole nitrogens is 1. The van der Waals surface area contributed by atoms with Crippen LogP contribution in [-0.4, -0.2) is 37.7 Å². The number of nitrogens with zero attached hydrogens (tertiary/aromatic N) is 5. The standard InChI is InChI=1S/C16H20N7O5P/c1-10-9-23(16(25)19-15(10)24)14-7-12(20-22-17)13(28-14)4-6-29(26,27)21-11-3-2-5-18-8-11/h2-3,5,8-9,12-14H,4,6-7H2,1H3,(H,19,24,25)(H2,21,26,27)/t12-,13+,14+/m0/s1. The number of ether oxygens (including phenoxy) is 1. The fourth-order valence-corrected chi connectivity index (χ4v) is 4.37. The van der Waals surface area contributed by atoms with Crippen LogP contribution in [0.5, 0.6) is 0 Å². The van der Waals surface area contributed by atoms with Crippen molar-refractivity contribution < 1.29 is 14.2 Å². The van der Waals surface area contributed by atoms with Crippen molar-refractivity contribution in [3.05, 3.63) is 67.6 Å². The molecule has 1 aliphatic rings. The Kier molecular flexibility index (Phi) is 6.19. The molecule has 29 heavy (non-hydrogen) atoms. The molecule has 0 spiro atoms. The third kappa shape index (κ3) is 5.12. The first kappa shape index (κ1) is 20.8. The Hall–Kier alpha value is -2.91. The molecule has 0 saturated carbocycles. The summed E-state index contributed by atoms with van der Waals surface area (Å²) in [6, 6.07) is 2.63. The lowest BCUT2D eigenvalue weighted by Gasteiger charge is -2.19. The number of hydrogen-bond acceptors (Lipinski definition) is 6. The summed E-state index contributed by atoms with van der Waals surface area (Å²) in [6.45, 7) is 1.55. The van der Waals surface area contributed by atoms with E-state index in [0.717, 1.165) is 0 Å². The van der Waals surface area contributed by atoms with E-state index in [2.05, 4.69) is 25.1 Å². The normalized spacial score (nSPS) is 23.2. The van der Waals surface area contributed by atoms with Crippen molar-refractivity contribution in [3.8, 4) is 0 Å². The van der Waals surface area contributed by atoms with E-state index < -0.39 is 37.1 Å². The summed E-state index contributed by atoms with van der Waals surface area (Å²) in [6.07, 6.45) is 3.11. The Morgan fingerprint density at radius 3 is 3.03 bits per heavy atom. The second-order valence-corrected chi connectivity index (χ2v) is 8.76. The van der Waals surface area contributed by atoms with E-state index in [1.165, 1.54) is 17.0 Å². The van der Waals surface area contributed by atoms with E-state index in [0.29, 0.717) is 11.3 Å². The molecule has 1 fully saturated rings. The number of aromatic nitrogens is 3. The summed E-state index contributed by atoms with van der Waals surface area (Å²) < 4.78 is 19.5. The van der Waals surface area contributed by atoms with Crippen LogP contribution < -0.4 is 16.3 Å². The van der Waals surface area contributed by atoms with Gasteiger partial charge in [0.1, 0.15) is 6.23 Å². The van der Waals surface area contributed by atoms with Gasteiger partial charge in [0.15, 0.2) is 0 Å². The van der Waals surface area contributed by atoms with Crippen LogP contribution in [0.15, 0.2) is 45.4 Å². The van der Waals surface area contributed by atoms with Crippen LogP contribution >= 0.6 is 7.52 Å². The van der Waals surface area contributed by atoms with E-state index in [1.807, 2.05) is 0 Å². The number of aromatic amines is 1. The molecule has 13 heteroatoms. The highest BCUT2D eigenvalue weighted by Crippen LogP contribution is 2.43. The quantitative estimate of drug-likeness (QED) is 0.265. The third-order valence-electron chi connectivity index (χ3n) is 4.54. The number of rotatable bonds is 7. The van der Waals surface area contributed by atoms with Gasteiger partial charge in [-0.15, -0.1) is 0 Å². The maximum absolute atomic E-state index is 12.5. The second-order valence-electron chi connectivity index (χ2n) is 6.68. The summed E-state index contributed by atoms with van der Waals surface area (Å²) in [7, 11) is -3.75. The summed E-state index contributed by atoms with van der Waals surface area (Å²) in [5.41, 5.74) is 8.43. The molecule has 0 aliphatic carbocycles. The van der Waals surface area contributed by atoms with Gasteiger partial charge in [0, 0.05) is 35.5 Å². The Labute approximate surface area is 164 Å². The van der Waals surface area contributed by atoms with Gasteiger partial charge in [-0.05, 0) is 31.0 Å². The van der Waals surface area contributed by atoms with Gasteiger partial charge in [-0.1, -0.05) is 5.11 Å². The number of hydrogen-bond donors (Lipinski definition) is 3. The molecule has 0 aromatic carbocycles. The van der Waals surface area contributed by atoms with Crippen molar-refractivity contribution in [1.82, 2.24) is 14.5 Å². The lowest BCUT2D eigenvalue weighted by Crippen LogP contribution is -2.33. The highest BCUT2D eigenvalue weighted by molar-refractivity contribution is 7.59. The maximum Gasteiger partial charge on any atom is 0.330 e. The smallest absolute Gasteiger partial charge is 0.330 e. The number of nitrogens with one attached hydrogen (secondary N) is 2. The van der Waals surface area contributed by atoms with Gasteiger partial charge in [-0.2, -0.15) is 0 Å². The fraction of sp³-hybridized carbons (Fsp3) is 0.438. The van der Waals surface area contributed by atoms with Crippen LogP contribution in [0.1, 0.15) is 24.6 Å². The number of aryl methyl sites for hydroxylation is 1. The zero-order chi connectivity index (χ0) is 21.0. The van der Waals surface area contributed by atoms with Crippen molar-refractivity contribution >= 4 is 13.2 Å². The van der Waals surface area contributed by atoms with Crippen LogP contribution in [0, 0.1) is 6.92 Å². The average molecular weight is 421 g/mol. The Morgan fingerprint density at radius 2 is 2.34 bits per heavy atom. The molecule has 154 valence electrons. The average Bonchev–Trinajstić information content (AvgIpc) is 3.06. The molecule has 0 amide bonds. The minimum Gasteiger partial charge on any atom is -0.354 e. The van der Waals surface area contributed by atoms with E-state index in [1.54, 1.807) is 25.3 Å². The molecule has 3 heterocycles. The first-order valence-corrected chi connectivity index (χ1v) is 10.7. The van der Waals surface area contributed by atoms with Crippen molar-refractivity contribution in [2.45, 2.75) is 38.1 Å². The number of pyridine rings is 1. The highest BCUT2D eigenvalue weighted by Gasteiger charge is 2.37. The molecule has 0 bridgehead atoms. The summed E-state index contributed by atoms with van der Waals surface area (Å²) in [4.78, 5) is 42.7. The van der Waals surface area contributed by atoms with Gasteiger partial charge in [0.25, 0.3) is 13.1 Å². The van der Waals surface area contributed by atoms with Crippen LogP contribution in [0.25, 0.3) is 10.4 Å². The molecule has 1 unspecified atom stereocenters. The highest BCUT2D eigenvalue weighted by atomic mass is 31.2. The van der Waals surface area contributed by atoms with Gasteiger partial charge in [0.2, 0.25) is 0 Å². The Bertz CT molecular complexity index is 1080. The summed E-state index contributed by atoms with van der Waals surface area (Å²) in [5.74, 6) is 0. The largest absolute Gasteiger partial charge is 0.354 e. The van der Waals surface area contributed by atoms with Crippen LogP contribution in [0.2, 0.25) is 0 Å². The SMILES string of the molecule is Cc1cn([C@H]2C[C@H](N=[N+]=[N-])[C@@H](CCP(=O)(O)Nc3cccnc3)O2)c(=O)[nH]c1=O. The third-order valence-corrected chi connectivity index (χ3v) is 6.01. The molecule has 0 radical (unpaired) electrons. The van der Waals surface area contributed by atoms with E-state index >= 15 is 0 Å². The molecule has 2 aromatic heterocycles. The van der Waals surface area contributed by atoms with E-state index in [4.69, 9.17) is 10.3 Å². The predicted octanol–water partition coefficient (Wildman–Crippen LogP) is 1.89. The first-order valence-electron chi connectivity index (χ1n) is 8.81. The van der Waals surface area contributed by atoms with Gasteiger partial charge in [0.05, 0.1) is 24.0 Å². The van der Waals surface area contributed by atoms with E-state index in [9.17, 15) is 19.0 Å². The lowest BCUT2D eigenvalue weighted by molar-refractivity contribution is -0.00402. The predicted molar refractivity (Wildman–Crippen MR) is 105 cm³/mol. The molecule has 4 atom stereocenters. The molecule has 1 aliphatic heterocycles. The second kappa shape index (κ2) is 8.62. The van der Waals surface area contributed by atoms with Crippen LogP contribution in [-0.2, 0) is 9.30 Å². The Balaban J connectivity index is 1.72. The number of anilines is 1. The summed E-state index contributed by atoms with van der Waals surface area (Å²) >= 11 is 0. The molecule has 1 saturated heterocycles. The molecular formula is C16H20N7O5P. The van der Waals surface area contributed by atoms with Crippen molar-refractivity contribution in [1.29, 1.82) is 0 Å². The topological polar surface area (TPSA) is 175 Å². The summed E-state index contributed by atoms with van der Waals surface area (Å²) in [5, 5.41) is 6.25. The van der Waals surface area contributed by atoms with Crippen molar-refractivity contribution in [2.24, 2.45) is 5.11 Å². The van der Waals surface area contributed by atoms with Gasteiger partial charge in [-0.3, -0.25) is 23.9 Å². The lowest BCUT2D eigenvalue weighted by atomic mass is 10.1. The van der Waals surface area contributed by atoms with Gasteiger partial charge in [-0.25, -0.2) is 4.79 Å². The minimum atomic E-state index is -3.75. The zero-order valence-electron chi connectivity index (χ0n) is 15.5. The molecule has 3 rings (SSSR count). The van der Waals surface area contributed by atoms with Crippen molar-refractivity contribution in [2.75, 3.05) is 11.2 Å². The monoisotopic (exact) mass is 421 g/mol. The number of azide groups is 1. The first-order chi connectivity index (χ1) is 13.8. The zero-order valence-corrected chi connectivity index (χ0v) is 16.4. The Morgan fingerprint density at radius 1 is 1.55 bits per heavy atom. The van der Waals surface area contributed by atoms with Crippen LogP contribution in [0.4, 0.5) is 5.69 Å². The van der Waals surface area contributed by atoms with Crippen molar-refractivity contribution in [3.63, 3.8) is 0 Å². The minimum absolute atomic E-state index is 0.123. The molecule has 2 aromatic rings. The fourth-order valence-electron chi connectivity index (χ4n) is 3.12. The molecule has 12 nitrogen and oxygen atoms in total. The van der Waals surface area contributed by atoms with E-state index in [-0.39, 0.29) is 19.0 Å². The van der Waals surface area contributed by atoms with Gasteiger partial charge < -0.3 is 14.7 Å². The van der Waals surface area contributed by atoms with Crippen LogP contribution in [0.3, 0.4) is 0 Å². The molecule has 3 N–H and O–H groups in total. The maximum atomic E-state index is 12.5.